The largest absolute Gasteiger partial charge is 0.311 e. The van der Waals surface area contributed by atoms with Crippen LogP contribution in [0.4, 0.5) is 0 Å². The first-order chi connectivity index (χ1) is 8.46. The summed E-state index contributed by atoms with van der Waals surface area (Å²) in [5.41, 5.74) is -0.0961. The molecule has 0 aliphatic carbocycles. The SMILES string of the molecule is CC(C)(C)[N+](CCCS(=O)(=O)O)(C(C)(C)C)C(C)(C)C. The van der Waals surface area contributed by atoms with Gasteiger partial charge in [-0.2, -0.15) is 8.42 Å². The third kappa shape index (κ3) is 4.18. The molecule has 0 spiro atoms. The fourth-order valence-electron chi connectivity index (χ4n) is 4.51. The zero-order valence-corrected chi connectivity index (χ0v) is 15.6. The standard InChI is InChI=1S/C15H33NO3S/c1-13(2,3)16(14(4,5)6,15(7,8)9)11-10-12-20(17,18)19/h10-12H2,1-9H3/p+1. The fraction of sp³-hybridized carbons (Fsp3) is 1.00. The van der Waals surface area contributed by atoms with Crippen LogP contribution in [0.3, 0.4) is 0 Å². The third-order valence-corrected chi connectivity index (χ3v) is 5.14. The van der Waals surface area contributed by atoms with E-state index in [1.165, 1.54) is 0 Å². The predicted octanol–water partition coefficient (Wildman–Crippen LogP) is 3.48. The highest BCUT2D eigenvalue weighted by Crippen LogP contribution is 2.43. The average Bonchev–Trinajstić information content (AvgIpc) is 2.03. The van der Waals surface area contributed by atoms with Gasteiger partial charge in [0, 0.05) is 6.42 Å². The van der Waals surface area contributed by atoms with Gasteiger partial charge in [0.25, 0.3) is 10.1 Å². The van der Waals surface area contributed by atoms with Gasteiger partial charge >= 0.3 is 0 Å². The maximum Gasteiger partial charge on any atom is 0.265 e. The number of nitrogens with zero attached hydrogens (tertiary/aromatic N) is 1. The minimum absolute atomic E-state index is 0.0320. The molecule has 122 valence electrons. The van der Waals surface area contributed by atoms with Crippen molar-refractivity contribution in [2.75, 3.05) is 12.3 Å². The third-order valence-electron chi connectivity index (χ3n) is 4.33. The summed E-state index contributed by atoms with van der Waals surface area (Å²) in [5, 5.41) is 0. The normalized spacial score (nSPS) is 15.5. The molecule has 0 saturated carbocycles. The molecule has 0 unspecified atom stereocenters. The Kier molecular flexibility index (Phi) is 5.54. The van der Waals surface area contributed by atoms with E-state index < -0.39 is 10.1 Å². The molecule has 0 atom stereocenters. The molecule has 0 amide bonds. The minimum Gasteiger partial charge on any atom is -0.311 e. The van der Waals surface area contributed by atoms with Crippen molar-refractivity contribution in [3.63, 3.8) is 0 Å². The summed E-state index contributed by atoms with van der Waals surface area (Å²) in [7, 11) is -3.89. The van der Waals surface area contributed by atoms with Crippen LogP contribution in [0, 0.1) is 0 Å². The number of quaternary nitrogens is 1. The van der Waals surface area contributed by atoms with Crippen molar-refractivity contribution in [1.82, 2.24) is 0 Å². The van der Waals surface area contributed by atoms with Gasteiger partial charge in [0.15, 0.2) is 0 Å². The Morgan fingerprint density at radius 1 is 0.800 bits per heavy atom. The molecule has 0 bridgehead atoms. The molecular formula is C15H34NO3S+. The van der Waals surface area contributed by atoms with Crippen LogP contribution in [0.5, 0.6) is 0 Å². The molecule has 0 fully saturated rings. The Labute approximate surface area is 125 Å². The molecule has 4 nitrogen and oxygen atoms in total. The molecule has 0 radical (unpaired) electrons. The lowest BCUT2D eigenvalue weighted by Gasteiger charge is -2.64. The van der Waals surface area contributed by atoms with E-state index in [0.29, 0.717) is 6.42 Å². The smallest absolute Gasteiger partial charge is 0.265 e. The quantitative estimate of drug-likeness (QED) is 0.639. The molecule has 0 aromatic heterocycles. The fourth-order valence-corrected chi connectivity index (χ4v) is 5.00. The van der Waals surface area contributed by atoms with E-state index in [1.54, 1.807) is 0 Å². The highest BCUT2D eigenvalue weighted by Gasteiger charge is 2.55. The van der Waals surface area contributed by atoms with Gasteiger partial charge in [-0.25, -0.2) is 0 Å². The van der Waals surface area contributed by atoms with Crippen molar-refractivity contribution in [2.45, 2.75) is 85.4 Å². The minimum atomic E-state index is -3.89. The van der Waals surface area contributed by atoms with Crippen LogP contribution in [-0.2, 0) is 10.1 Å². The van der Waals surface area contributed by atoms with Crippen LogP contribution in [0.25, 0.3) is 0 Å². The molecule has 0 aromatic carbocycles. The van der Waals surface area contributed by atoms with E-state index in [9.17, 15) is 8.42 Å². The summed E-state index contributed by atoms with van der Waals surface area (Å²) in [6, 6.07) is 0. The highest BCUT2D eigenvalue weighted by molar-refractivity contribution is 7.85. The van der Waals surface area contributed by atoms with Crippen LogP contribution in [0.1, 0.15) is 68.7 Å². The molecule has 0 heterocycles. The number of hydrogen-bond acceptors (Lipinski definition) is 2. The van der Waals surface area contributed by atoms with E-state index in [4.69, 9.17) is 4.55 Å². The zero-order valence-electron chi connectivity index (χ0n) is 14.7. The molecule has 20 heavy (non-hydrogen) atoms. The maximum absolute atomic E-state index is 11.0. The second-order valence-corrected chi connectivity index (χ2v) is 10.3. The molecule has 0 aliphatic rings. The average molecular weight is 309 g/mol. The summed E-state index contributed by atoms with van der Waals surface area (Å²) in [6.45, 7) is 20.6. The van der Waals surface area contributed by atoms with Gasteiger partial charge in [-0.1, -0.05) is 0 Å². The summed E-state index contributed by atoms with van der Waals surface area (Å²) < 4.78 is 31.8. The van der Waals surface area contributed by atoms with Gasteiger partial charge in [0.2, 0.25) is 0 Å². The van der Waals surface area contributed by atoms with Crippen LogP contribution >= 0.6 is 0 Å². The first-order valence-electron chi connectivity index (χ1n) is 7.29. The number of rotatable bonds is 4. The molecule has 5 heteroatoms. The summed E-state index contributed by atoms with van der Waals surface area (Å²) in [4.78, 5) is 0. The Hall–Kier alpha value is -0.130. The van der Waals surface area contributed by atoms with Gasteiger partial charge in [-0.15, -0.1) is 0 Å². The van der Waals surface area contributed by atoms with Crippen molar-refractivity contribution >= 4 is 10.1 Å². The number of hydrogen-bond donors (Lipinski definition) is 1. The van der Waals surface area contributed by atoms with Crippen molar-refractivity contribution in [2.24, 2.45) is 0 Å². The maximum atomic E-state index is 11.0. The van der Waals surface area contributed by atoms with Crippen LogP contribution in [0.15, 0.2) is 0 Å². The Bertz CT molecular complexity index is 383. The summed E-state index contributed by atoms with van der Waals surface area (Å²) in [6.07, 6.45) is 0.463. The van der Waals surface area contributed by atoms with Crippen LogP contribution < -0.4 is 0 Å². The second kappa shape index (κ2) is 5.58. The Morgan fingerprint density at radius 2 is 1.10 bits per heavy atom. The topological polar surface area (TPSA) is 54.4 Å². The predicted molar refractivity (Wildman–Crippen MR) is 85.4 cm³/mol. The molecule has 0 saturated heterocycles. The van der Waals surface area contributed by atoms with Crippen molar-refractivity contribution in [3.8, 4) is 0 Å². The van der Waals surface area contributed by atoms with Crippen LogP contribution in [0.2, 0.25) is 0 Å². The lowest BCUT2D eigenvalue weighted by atomic mass is 9.81. The van der Waals surface area contributed by atoms with Gasteiger partial charge in [-0.3, -0.25) is 4.55 Å². The van der Waals surface area contributed by atoms with Crippen molar-refractivity contribution in [3.05, 3.63) is 0 Å². The second-order valence-electron chi connectivity index (χ2n) is 8.69. The van der Waals surface area contributed by atoms with Gasteiger partial charge in [0.1, 0.15) is 0 Å². The van der Waals surface area contributed by atoms with E-state index in [1.807, 2.05) is 0 Å². The molecule has 0 aromatic rings. The van der Waals surface area contributed by atoms with E-state index in [0.717, 1.165) is 11.0 Å². The van der Waals surface area contributed by atoms with Crippen LogP contribution in [-0.4, -0.2) is 46.4 Å². The Morgan fingerprint density at radius 3 is 1.30 bits per heavy atom. The molecule has 0 aliphatic heterocycles. The highest BCUT2D eigenvalue weighted by atomic mass is 32.2. The zero-order chi connectivity index (χ0) is 16.6. The van der Waals surface area contributed by atoms with E-state index >= 15 is 0 Å². The summed E-state index contributed by atoms with van der Waals surface area (Å²) >= 11 is 0. The first kappa shape index (κ1) is 19.9. The molecule has 1 N–H and O–H groups in total. The first-order valence-corrected chi connectivity index (χ1v) is 8.90. The van der Waals surface area contributed by atoms with E-state index in [-0.39, 0.29) is 22.4 Å². The van der Waals surface area contributed by atoms with Crippen molar-refractivity contribution < 1.29 is 17.5 Å². The Balaban J connectivity index is 5.69. The van der Waals surface area contributed by atoms with Crippen molar-refractivity contribution in [1.29, 1.82) is 0 Å². The van der Waals surface area contributed by atoms with Gasteiger partial charge < -0.3 is 4.48 Å². The van der Waals surface area contributed by atoms with Gasteiger partial charge in [0.05, 0.1) is 28.9 Å². The summed E-state index contributed by atoms with van der Waals surface area (Å²) in [5.74, 6) is -0.171. The van der Waals surface area contributed by atoms with E-state index in [2.05, 4.69) is 62.3 Å². The molecule has 0 rings (SSSR count). The monoisotopic (exact) mass is 308 g/mol. The van der Waals surface area contributed by atoms with Gasteiger partial charge in [-0.05, 0) is 62.3 Å². The molecular weight excluding hydrogens is 274 g/mol. The lowest BCUT2D eigenvalue weighted by Crippen LogP contribution is -2.76. The lowest BCUT2D eigenvalue weighted by molar-refractivity contribution is -1.05.